The molecular formula is C22H21F3N6O4. The van der Waals surface area contributed by atoms with Crippen LogP contribution in [0.2, 0.25) is 0 Å². The van der Waals surface area contributed by atoms with E-state index >= 15 is 0 Å². The van der Waals surface area contributed by atoms with Gasteiger partial charge in [-0.2, -0.15) is 13.2 Å². The van der Waals surface area contributed by atoms with Gasteiger partial charge in [0.15, 0.2) is 12.0 Å². The van der Waals surface area contributed by atoms with E-state index in [1.165, 1.54) is 18.7 Å². The molecule has 2 aliphatic rings. The number of rotatable bonds is 6. The molecule has 1 fully saturated rings. The van der Waals surface area contributed by atoms with Crippen LogP contribution < -0.4 is 19.3 Å². The maximum Gasteiger partial charge on any atom is 0.421 e. The van der Waals surface area contributed by atoms with Gasteiger partial charge < -0.3 is 23.7 Å². The number of anilines is 2. The SMILES string of the molecule is COc1ncc(N2CCc3ncnc(OC4CCN(c5ncc(C=O)o5)C4)c3C2)cc1C(F)(F)F. The second kappa shape index (κ2) is 9.04. The van der Waals surface area contributed by atoms with Crippen molar-refractivity contribution in [1.29, 1.82) is 0 Å². The average molecular weight is 490 g/mol. The van der Waals surface area contributed by atoms with Crippen molar-refractivity contribution in [3.63, 3.8) is 0 Å². The zero-order valence-corrected chi connectivity index (χ0v) is 18.7. The Kier molecular flexibility index (Phi) is 5.91. The fraction of sp³-hybridized carbons (Fsp3) is 0.409. The number of ether oxygens (including phenoxy) is 2. The lowest BCUT2D eigenvalue weighted by Crippen LogP contribution is -2.33. The van der Waals surface area contributed by atoms with E-state index in [1.807, 2.05) is 4.90 Å². The first kappa shape index (κ1) is 22.9. The minimum absolute atomic E-state index is 0.149. The highest BCUT2D eigenvalue weighted by Gasteiger charge is 2.36. The van der Waals surface area contributed by atoms with Crippen LogP contribution in [0.15, 0.2) is 29.2 Å². The van der Waals surface area contributed by atoms with Crippen molar-refractivity contribution in [2.45, 2.75) is 31.7 Å². The van der Waals surface area contributed by atoms with Crippen LogP contribution in [0.5, 0.6) is 11.8 Å². The Labute approximate surface area is 197 Å². The number of alkyl halides is 3. The van der Waals surface area contributed by atoms with Gasteiger partial charge in [-0.15, -0.1) is 0 Å². The Morgan fingerprint density at radius 3 is 2.71 bits per heavy atom. The van der Waals surface area contributed by atoms with Gasteiger partial charge >= 0.3 is 6.18 Å². The van der Waals surface area contributed by atoms with Crippen molar-refractivity contribution in [3.05, 3.63) is 47.4 Å². The summed E-state index contributed by atoms with van der Waals surface area (Å²) < 4.78 is 56.8. The molecule has 0 N–H and O–H groups in total. The number of halogens is 3. The zero-order valence-electron chi connectivity index (χ0n) is 18.7. The van der Waals surface area contributed by atoms with Gasteiger partial charge in [0.05, 0.1) is 49.5 Å². The summed E-state index contributed by atoms with van der Waals surface area (Å²) in [5, 5.41) is 0. The van der Waals surface area contributed by atoms with E-state index in [0.29, 0.717) is 56.3 Å². The summed E-state index contributed by atoms with van der Waals surface area (Å²) in [5.74, 6) is 0.0733. The molecule has 0 bridgehead atoms. The molecule has 0 radical (unpaired) electrons. The first-order chi connectivity index (χ1) is 16.9. The molecule has 1 atom stereocenters. The fourth-order valence-corrected chi connectivity index (χ4v) is 4.25. The number of hydrogen-bond acceptors (Lipinski definition) is 10. The van der Waals surface area contributed by atoms with Crippen molar-refractivity contribution < 1.29 is 31.9 Å². The molecule has 3 aromatic rings. The van der Waals surface area contributed by atoms with E-state index in [2.05, 4.69) is 19.9 Å². The van der Waals surface area contributed by atoms with Gasteiger partial charge in [-0.25, -0.2) is 19.9 Å². The van der Waals surface area contributed by atoms with Crippen LogP contribution in [-0.2, 0) is 19.1 Å². The van der Waals surface area contributed by atoms with Gasteiger partial charge in [-0.05, 0) is 6.07 Å². The number of aromatic nitrogens is 4. The molecular weight excluding hydrogens is 469 g/mol. The average Bonchev–Trinajstić information content (AvgIpc) is 3.52. The molecule has 1 saturated heterocycles. The van der Waals surface area contributed by atoms with E-state index in [-0.39, 0.29) is 18.4 Å². The smallest absolute Gasteiger partial charge is 0.421 e. The zero-order chi connectivity index (χ0) is 24.6. The Morgan fingerprint density at radius 2 is 1.97 bits per heavy atom. The number of aldehydes is 1. The molecule has 5 rings (SSSR count). The van der Waals surface area contributed by atoms with Gasteiger partial charge in [-0.3, -0.25) is 4.79 Å². The molecule has 0 amide bonds. The summed E-state index contributed by atoms with van der Waals surface area (Å²) in [5.41, 5.74) is 0.905. The Balaban J connectivity index is 1.34. The van der Waals surface area contributed by atoms with Crippen LogP contribution in [0, 0.1) is 0 Å². The third kappa shape index (κ3) is 4.57. The normalized spacial score (nSPS) is 17.9. The Morgan fingerprint density at radius 1 is 1.11 bits per heavy atom. The van der Waals surface area contributed by atoms with E-state index in [0.717, 1.165) is 24.4 Å². The lowest BCUT2D eigenvalue weighted by molar-refractivity contribution is -0.139. The van der Waals surface area contributed by atoms with Crippen molar-refractivity contribution >= 4 is 18.0 Å². The molecule has 0 aromatic carbocycles. The summed E-state index contributed by atoms with van der Waals surface area (Å²) >= 11 is 0. The predicted octanol–water partition coefficient (Wildman–Crippen LogP) is 2.92. The second-order valence-corrected chi connectivity index (χ2v) is 8.16. The van der Waals surface area contributed by atoms with Crippen molar-refractivity contribution in [2.75, 3.05) is 36.5 Å². The maximum atomic E-state index is 13.5. The topological polar surface area (TPSA) is 107 Å². The van der Waals surface area contributed by atoms with Crippen molar-refractivity contribution in [2.24, 2.45) is 0 Å². The number of carbonyl (C=O) groups excluding carboxylic acids is 1. The summed E-state index contributed by atoms with van der Waals surface area (Å²) in [6.07, 6.45) is 1.14. The van der Waals surface area contributed by atoms with Crippen LogP contribution in [0.4, 0.5) is 24.9 Å². The minimum atomic E-state index is -4.59. The number of methoxy groups -OCH3 is 1. The first-order valence-electron chi connectivity index (χ1n) is 10.9. The van der Waals surface area contributed by atoms with E-state index < -0.39 is 17.6 Å². The highest BCUT2D eigenvalue weighted by atomic mass is 19.4. The first-order valence-corrected chi connectivity index (χ1v) is 10.9. The fourth-order valence-electron chi connectivity index (χ4n) is 4.25. The summed E-state index contributed by atoms with van der Waals surface area (Å²) in [4.78, 5) is 31.1. The minimum Gasteiger partial charge on any atom is -0.481 e. The monoisotopic (exact) mass is 490 g/mol. The number of carbonyl (C=O) groups is 1. The molecule has 10 nitrogen and oxygen atoms in total. The van der Waals surface area contributed by atoms with E-state index in [4.69, 9.17) is 13.9 Å². The third-order valence-electron chi connectivity index (χ3n) is 5.98. The van der Waals surface area contributed by atoms with E-state index in [9.17, 15) is 18.0 Å². The molecule has 3 aromatic heterocycles. The quantitative estimate of drug-likeness (QED) is 0.479. The van der Waals surface area contributed by atoms with Crippen LogP contribution in [-0.4, -0.2) is 59.1 Å². The molecule has 0 spiro atoms. The molecule has 35 heavy (non-hydrogen) atoms. The van der Waals surface area contributed by atoms with Gasteiger partial charge in [0.2, 0.25) is 11.8 Å². The van der Waals surface area contributed by atoms with Crippen LogP contribution in [0.25, 0.3) is 0 Å². The summed E-state index contributed by atoms with van der Waals surface area (Å²) in [6.45, 7) is 1.85. The van der Waals surface area contributed by atoms with E-state index in [1.54, 1.807) is 4.90 Å². The molecule has 0 saturated carbocycles. The van der Waals surface area contributed by atoms with Gasteiger partial charge in [0, 0.05) is 25.9 Å². The number of pyridine rings is 1. The lowest BCUT2D eigenvalue weighted by Gasteiger charge is -2.31. The third-order valence-corrected chi connectivity index (χ3v) is 5.98. The Hall–Kier alpha value is -3.90. The lowest BCUT2D eigenvalue weighted by atomic mass is 10.1. The molecule has 5 heterocycles. The van der Waals surface area contributed by atoms with Gasteiger partial charge in [-0.1, -0.05) is 0 Å². The largest absolute Gasteiger partial charge is 0.481 e. The maximum absolute atomic E-state index is 13.5. The van der Waals surface area contributed by atoms with Crippen LogP contribution in [0.3, 0.4) is 0 Å². The summed E-state index contributed by atoms with van der Waals surface area (Å²) in [7, 11) is 1.16. The molecule has 1 unspecified atom stereocenters. The molecule has 184 valence electrons. The van der Waals surface area contributed by atoms with Gasteiger partial charge in [0.25, 0.3) is 6.01 Å². The highest BCUT2D eigenvalue weighted by molar-refractivity contribution is 5.70. The molecule has 13 heteroatoms. The summed E-state index contributed by atoms with van der Waals surface area (Å²) in [6, 6.07) is 1.39. The Bertz CT molecular complexity index is 1230. The second-order valence-electron chi connectivity index (χ2n) is 8.16. The standard InChI is InChI=1S/C22H21F3N6O4/c1-33-20-17(22(23,24)25)6-13(7-26-20)30-5-3-18-16(10-30)19(29-12-28-18)34-14-2-4-31(9-14)21-27-8-15(11-32)35-21/h6-8,11-12,14H,2-5,9-10H2,1H3. The van der Waals surface area contributed by atoms with Crippen LogP contribution in [0.1, 0.15) is 33.8 Å². The van der Waals surface area contributed by atoms with Crippen molar-refractivity contribution in [1.82, 2.24) is 19.9 Å². The molecule has 2 aliphatic heterocycles. The predicted molar refractivity (Wildman–Crippen MR) is 116 cm³/mol. The van der Waals surface area contributed by atoms with Crippen molar-refractivity contribution in [3.8, 4) is 11.8 Å². The number of nitrogens with zero attached hydrogens (tertiary/aromatic N) is 6. The number of oxazole rings is 1. The van der Waals surface area contributed by atoms with Crippen LogP contribution >= 0.6 is 0 Å². The number of fused-ring (bicyclic) bond motifs is 1. The molecule has 0 aliphatic carbocycles. The number of hydrogen-bond donors (Lipinski definition) is 0. The highest BCUT2D eigenvalue weighted by Crippen LogP contribution is 2.38. The van der Waals surface area contributed by atoms with Gasteiger partial charge in [0.1, 0.15) is 18.0 Å².